The molecule has 3 aromatic heterocycles. The molecule has 0 radical (unpaired) electrons. The van der Waals surface area contributed by atoms with Crippen LogP contribution in [0.4, 0.5) is 11.9 Å². The molecule has 5 heterocycles. The van der Waals surface area contributed by atoms with E-state index in [1.807, 2.05) is 24.4 Å². The number of nitrogens with zero attached hydrogens (tertiary/aromatic N) is 7. The summed E-state index contributed by atoms with van der Waals surface area (Å²) < 4.78 is 8.83. The highest BCUT2D eigenvalue weighted by Crippen LogP contribution is 2.27. The number of aromatic nitrogens is 6. The number of amides is 1. The number of hydrogen-bond donors (Lipinski definition) is 3. The second-order valence-corrected chi connectivity index (χ2v) is 11.7. The molecule has 42 heavy (non-hydrogen) atoms. The maximum Gasteiger partial charge on any atom is 0.272 e. The molecule has 0 bridgehead atoms. The van der Waals surface area contributed by atoms with Gasteiger partial charge in [-0.1, -0.05) is 31.5 Å². The standard InChI is InChI=1S/C29H37ClN10O2/c1-18(2)21-17-33-40-26(21)35-29(38-11-6-19(31)7-12-38)36-28(40)32-16-22-23(30)4-3-5-25(22)39-13-8-24(37-39)27(41)34-20-9-14-42-15-10-20/h3-5,8,13,17-20H,6-7,9-12,14-16,31H2,1-2H3,(H,34,41)(H,32,35,36). The summed E-state index contributed by atoms with van der Waals surface area (Å²) in [4.78, 5) is 24.9. The summed E-state index contributed by atoms with van der Waals surface area (Å²) >= 11 is 6.73. The highest BCUT2D eigenvalue weighted by atomic mass is 35.5. The Balaban J connectivity index is 1.27. The van der Waals surface area contributed by atoms with E-state index in [9.17, 15) is 4.79 Å². The molecular formula is C29H37ClN10O2. The van der Waals surface area contributed by atoms with Gasteiger partial charge in [0.15, 0.2) is 11.3 Å². The van der Waals surface area contributed by atoms with E-state index in [0.29, 0.717) is 42.4 Å². The number of hydrogen-bond acceptors (Lipinski definition) is 9. The highest BCUT2D eigenvalue weighted by molar-refractivity contribution is 6.31. The lowest BCUT2D eigenvalue weighted by atomic mass is 10.1. The molecule has 1 aromatic carbocycles. The molecule has 2 fully saturated rings. The van der Waals surface area contributed by atoms with E-state index in [1.165, 1.54) is 0 Å². The molecule has 0 spiro atoms. The largest absolute Gasteiger partial charge is 0.381 e. The minimum Gasteiger partial charge on any atom is -0.381 e. The number of halogens is 1. The smallest absolute Gasteiger partial charge is 0.272 e. The van der Waals surface area contributed by atoms with Crippen molar-refractivity contribution in [1.29, 1.82) is 0 Å². The first-order chi connectivity index (χ1) is 20.4. The van der Waals surface area contributed by atoms with Crippen LogP contribution < -0.4 is 21.3 Å². The van der Waals surface area contributed by atoms with Crippen molar-refractivity contribution in [2.75, 3.05) is 36.5 Å². The molecule has 2 aliphatic heterocycles. The Hall–Kier alpha value is -3.74. The van der Waals surface area contributed by atoms with Gasteiger partial charge in [-0.15, -0.1) is 0 Å². The number of ether oxygens (including phenoxy) is 1. The van der Waals surface area contributed by atoms with E-state index in [1.54, 1.807) is 21.5 Å². The first-order valence-electron chi connectivity index (χ1n) is 14.6. The number of piperidine rings is 1. The third-order valence-corrected chi connectivity index (χ3v) is 8.32. The van der Waals surface area contributed by atoms with Crippen LogP contribution in [0.15, 0.2) is 36.7 Å². The van der Waals surface area contributed by atoms with E-state index < -0.39 is 0 Å². The van der Waals surface area contributed by atoms with E-state index in [2.05, 4.69) is 39.6 Å². The normalized spacial score (nSPS) is 16.8. The summed E-state index contributed by atoms with van der Waals surface area (Å²) in [6, 6.07) is 7.66. The minimum absolute atomic E-state index is 0.0945. The predicted octanol–water partition coefficient (Wildman–Crippen LogP) is 3.54. The molecule has 0 aliphatic carbocycles. The van der Waals surface area contributed by atoms with Crippen molar-refractivity contribution < 1.29 is 9.53 Å². The van der Waals surface area contributed by atoms with Gasteiger partial charge in [-0.05, 0) is 49.8 Å². The number of carbonyl (C=O) groups excluding carboxylic acids is 1. The lowest BCUT2D eigenvalue weighted by Crippen LogP contribution is -2.40. The van der Waals surface area contributed by atoms with Crippen molar-refractivity contribution in [3.05, 3.63) is 58.5 Å². The Labute approximate surface area is 249 Å². The lowest BCUT2D eigenvalue weighted by molar-refractivity contribution is 0.0694. The van der Waals surface area contributed by atoms with Gasteiger partial charge in [0.2, 0.25) is 11.9 Å². The monoisotopic (exact) mass is 592 g/mol. The van der Waals surface area contributed by atoms with Gasteiger partial charge in [-0.2, -0.15) is 24.7 Å². The molecule has 0 saturated carbocycles. The quantitative estimate of drug-likeness (QED) is 0.280. The topological polar surface area (TPSA) is 141 Å². The second-order valence-electron chi connectivity index (χ2n) is 11.3. The van der Waals surface area contributed by atoms with Crippen molar-refractivity contribution in [2.24, 2.45) is 5.73 Å². The summed E-state index contributed by atoms with van der Waals surface area (Å²) in [6.45, 7) is 7.53. The number of nitrogens with two attached hydrogens (primary N) is 1. The van der Waals surface area contributed by atoms with Gasteiger partial charge in [-0.25, -0.2) is 4.68 Å². The van der Waals surface area contributed by atoms with Crippen molar-refractivity contribution >= 4 is 35.1 Å². The predicted molar refractivity (Wildman–Crippen MR) is 162 cm³/mol. The summed E-state index contributed by atoms with van der Waals surface area (Å²) in [6.07, 6.45) is 7.03. The molecule has 2 aliphatic rings. The lowest BCUT2D eigenvalue weighted by Gasteiger charge is -2.30. The van der Waals surface area contributed by atoms with E-state index in [0.717, 1.165) is 61.2 Å². The van der Waals surface area contributed by atoms with Gasteiger partial charge >= 0.3 is 0 Å². The van der Waals surface area contributed by atoms with Crippen LogP contribution >= 0.6 is 11.6 Å². The van der Waals surface area contributed by atoms with Gasteiger partial charge in [0.25, 0.3) is 5.91 Å². The molecule has 2 saturated heterocycles. The third kappa shape index (κ3) is 5.92. The van der Waals surface area contributed by atoms with Gasteiger partial charge in [0.1, 0.15) is 0 Å². The Morgan fingerprint density at radius 1 is 1.14 bits per heavy atom. The molecule has 6 rings (SSSR count). The molecular weight excluding hydrogens is 556 g/mol. The van der Waals surface area contributed by atoms with Crippen molar-refractivity contribution in [3.8, 4) is 5.69 Å². The maximum absolute atomic E-state index is 12.9. The van der Waals surface area contributed by atoms with Gasteiger partial charge in [0, 0.05) is 67.3 Å². The molecule has 12 nitrogen and oxygen atoms in total. The Bertz CT molecular complexity index is 1550. The van der Waals surface area contributed by atoms with Crippen LogP contribution in [0.2, 0.25) is 5.02 Å². The van der Waals surface area contributed by atoms with E-state index in [-0.39, 0.29) is 23.9 Å². The number of nitrogens with one attached hydrogen (secondary N) is 2. The van der Waals surface area contributed by atoms with Crippen LogP contribution in [0.25, 0.3) is 11.3 Å². The number of rotatable bonds is 8. The van der Waals surface area contributed by atoms with Gasteiger partial charge < -0.3 is 26.0 Å². The molecule has 4 aromatic rings. The highest BCUT2D eigenvalue weighted by Gasteiger charge is 2.23. The van der Waals surface area contributed by atoms with E-state index in [4.69, 9.17) is 32.0 Å². The molecule has 0 atom stereocenters. The van der Waals surface area contributed by atoms with Crippen LogP contribution in [0.1, 0.15) is 67.1 Å². The van der Waals surface area contributed by atoms with Gasteiger partial charge in [-0.3, -0.25) is 4.79 Å². The third-order valence-electron chi connectivity index (χ3n) is 7.97. The zero-order valence-corrected chi connectivity index (χ0v) is 24.7. The van der Waals surface area contributed by atoms with Crippen molar-refractivity contribution in [2.45, 2.75) is 64.1 Å². The first kappa shape index (κ1) is 28.4. The number of carbonyl (C=O) groups is 1. The fourth-order valence-electron chi connectivity index (χ4n) is 5.43. The number of anilines is 2. The summed E-state index contributed by atoms with van der Waals surface area (Å²) in [5, 5.41) is 16.3. The summed E-state index contributed by atoms with van der Waals surface area (Å²) in [5.74, 6) is 1.28. The van der Waals surface area contributed by atoms with Crippen LogP contribution in [0.3, 0.4) is 0 Å². The molecule has 13 heteroatoms. The average molecular weight is 593 g/mol. The zero-order chi connectivity index (χ0) is 29.2. The maximum atomic E-state index is 12.9. The van der Waals surface area contributed by atoms with Crippen LogP contribution in [-0.4, -0.2) is 73.7 Å². The minimum atomic E-state index is -0.198. The SMILES string of the molecule is CC(C)c1cnn2c(NCc3c(Cl)cccc3-n3ccc(C(=O)NC4CCOCC4)n3)nc(N3CCC(N)CC3)nc12. The molecule has 0 unspecified atom stereocenters. The summed E-state index contributed by atoms with van der Waals surface area (Å²) in [7, 11) is 0. The van der Waals surface area contributed by atoms with Crippen molar-refractivity contribution in [1.82, 2.24) is 34.7 Å². The Morgan fingerprint density at radius 3 is 2.69 bits per heavy atom. The zero-order valence-electron chi connectivity index (χ0n) is 24.0. The average Bonchev–Trinajstić information content (AvgIpc) is 3.65. The fraction of sp³-hybridized carbons (Fsp3) is 0.483. The Morgan fingerprint density at radius 2 is 1.93 bits per heavy atom. The molecule has 222 valence electrons. The van der Waals surface area contributed by atoms with Crippen LogP contribution in [0, 0.1) is 0 Å². The van der Waals surface area contributed by atoms with Gasteiger partial charge in [0.05, 0.1) is 11.9 Å². The van der Waals surface area contributed by atoms with Crippen LogP contribution in [-0.2, 0) is 11.3 Å². The number of fused-ring (bicyclic) bond motifs is 1. The number of benzene rings is 1. The first-order valence-corrected chi connectivity index (χ1v) is 15.0. The molecule has 1 amide bonds. The second kappa shape index (κ2) is 12.2. The fourth-order valence-corrected chi connectivity index (χ4v) is 5.67. The Kier molecular flexibility index (Phi) is 8.27. The summed E-state index contributed by atoms with van der Waals surface area (Å²) in [5.41, 5.74) is 9.90. The van der Waals surface area contributed by atoms with Crippen LogP contribution in [0.5, 0.6) is 0 Å². The van der Waals surface area contributed by atoms with Crippen molar-refractivity contribution in [3.63, 3.8) is 0 Å². The molecule has 4 N–H and O–H groups in total. The van der Waals surface area contributed by atoms with E-state index >= 15 is 0 Å².